The fraction of sp³-hybridized carbons (Fsp3) is 0.400. The second kappa shape index (κ2) is 3.75. The van der Waals surface area contributed by atoms with Crippen LogP contribution in [0.4, 0.5) is 0 Å². The number of carbonyl (C=O) groups excluding carboxylic acids is 1. The second-order valence-electron chi connectivity index (χ2n) is 3.50. The summed E-state index contributed by atoms with van der Waals surface area (Å²) in [6.45, 7) is 3.61. The molecular weight excluding hydrogens is 178 g/mol. The van der Waals surface area contributed by atoms with Gasteiger partial charge in [0.05, 0.1) is 6.04 Å². The summed E-state index contributed by atoms with van der Waals surface area (Å²) in [6.07, 6.45) is 1.64. The molecule has 1 aromatic rings. The van der Waals surface area contributed by atoms with Gasteiger partial charge >= 0.3 is 0 Å². The molecule has 2 rings (SSSR count). The molecule has 1 aliphatic heterocycles. The lowest BCUT2D eigenvalue weighted by Crippen LogP contribution is -2.57. The molecule has 74 valence electrons. The Morgan fingerprint density at radius 1 is 1.64 bits per heavy atom. The van der Waals surface area contributed by atoms with Gasteiger partial charge in [-0.1, -0.05) is 6.07 Å². The van der Waals surface area contributed by atoms with E-state index in [4.69, 9.17) is 0 Å². The van der Waals surface area contributed by atoms with E-state index in [0.29, 0.717) is 5.69 Å². The molecule has 0 saturated carbocycles. The number of rotatable bonds is 2. The first-order chi connectivity index (χ1) is 6.77. The molecule has 4 heteroatoms. The van der Waals surface area contributed by atoms with Gasteiger partial charge in [-0.3, -0.25) is 9.78 Å². The molecule has 0 unspecified atom stereocenters. The number of hydrogen-bond acceptors (Lipinski definition) is 3. The molecule has 4 nitrogen and oxygen atoms in total. The van der Waals surface area contributed by atoms with Crippen LogP contribution < -0.4 is 10.6 Å². The Kier molecular flexibility index (Phi) is 2.45. The topological polar surface area (TPSA) is 54.0 Å². The maximum atomic E-state index is 11.7. The summed E-state index contributed by atoms with van der Waals surface area (Å²) in [5.74, 6) is -0.0744. The molecule has 14 heavy (non-hydrogen) atoms. The van der Waals surface area contributed by atoms with Crippen molar-refractivity contribution in [2.45, 2.75) is 13.0 Å². The van der Waals surface area contributed by atoms with E-state index in [2.05, 4.69) is 15.6 Å². The van der Waals surface area contributed by atoms with E-state index in [0.717, 1.165) is 18.7 Å². The molecule has 0 aliphatic carbocycles. The Labute approximate surface area is 82.7 Å². The van der Waals surface area contributed by atoms with Gasteiger partial charge in [0, 0.05) is 19.3 Å². The van der Waals surface area contributed by atoms with Crippen molar-refractivity contribution >= 4 is 5.91 Å². The number of aryl methyl sites for hydroxylation is 1. The Balaban J connectivity index is 2.06. The van der Waals surface area contributed by atoms with Gasteiger partial charge in [-0.15, -0.1) is 0 Å². The van der Waals surface area contributed by atoms with Gasteiger partial charge in [-0.2, -0.15) is 0 Å². The van der Waals surface area contributed by atoms with Gasteiger partial charge in [0.15, 0.2) is 0 Å². The third kappa shape index (κ3) is 1.75. The zero-order valence-electron chi connectivity index (χ0n) is 8.08. The van der Waals surface area contributed by atoms with Crippen molar-refractivity contribution in [3.05, 3.63) is 29.6 Å². The Morgan fingerprint density at radius 2 is 2.43 bits per heavy atom. The maximum absolute atomic E-state index is 11.7. The van der Waals surface area contributed by atoms with Crippen LogP contribution in [0.3, 0.4) is 0 Å². The Morgan fingerprint density at radius 3 is 3.00 bits per heavy atom. The highest BCUT2D eigenvalue weighted by molar-refractivity contribution is 5.93. The quantitative estimate of drug-likeness (QED) is 0.696. The molecule has 1 aromatic heterocycles. The fourth-order valence-corrected chi connectivity index (χ4v) is 1.37. The molecule has 2 heterocycles. The minimum atomic E-state index is -0.0744. The number of aromatic nitrogens is 1. The van der Waals surface area contributed by atoms with Crippen molar-refractivity contribution in [2.24, 2.45) is 0 Å². The average molecular weight is 191 g/mol. The highest BCUT2D eigenvalue weighted by atomic mass is 16.2. The molecule has 1 aliphatic rings. The normalized spacial score (nSPS) is 16.1. The third-order valence-electron chi connectivity index (χ3n) is 2.34. The van der Waals surface area contributed by atoms with Crippen LogP contribution in [0, 0.1) is 6.92 Å². The summed E-state index contributed by atoms with van der Waals surface area (Å²) in [7, 11) is 0. The minimum absolute atomic E-state index is 0.0744. The van der Waals surface area contributed by atoms with Crippen LogP contribution in [0.15, 0.2) is 18.3 Å². The van der Waals surface area contributed by atoms with E-state index in [1.165, 1.54) is 0 Å². The first-order valence-electron chi connectivity index (χ1n) is 4.70. The van der Waals surface area contributed by atoms with Gasteiger partial charge in [-0.25, -0.2) is 0 Å². The van der Waals surface area contributed by atoms with Crippen LogP contribution in [0.1, 0.15) is 16.1 Å². The standard InChI is InChI=1S/C10H13N3O/c1-7-3-2-4-12-9(7)10(14)13-8-5-11-6-8/h2-4,8,11H,5-6H2,1H3,(H,13,14). The van der Waals surface area contributed by atoms with Gasteiger partial charge < -0.3 is 10.6 Å². The summed E-state index contributed by atoms with van der Waals surface area (Å²) in [5.41, 5.74) is 1.44. The van der Waals surface area contributed by atoms with Gasteiger partial charge in [0.2, 0.25) is 0 Å². The highest BCUT2D eigenvalue weighted by Crippen LogP contribution is 2.03. The second-order valence-corrected chi connectivity index (χ2v) is 3.50. The fourth-order valence-electron chi connectivity index (χ4n) is 1.37. The number of hydrogen-bond donors (Lipinski definition) is 2. The van der Waals surface area contributed by atoms with Crippen molar-refractivity contribution in [3.63, 3.8) is 0 Å². The Hall–Kier alpha value is -1.42. The van der Waals surface area contributed by atoms with Crippen molar-refractivity contribution in [2.75, 3.05) is 13.1 Å². The highest BCUT2D eigenvalue weighted by Gasteiger charge is 2.20. The summed E-state index contributed by atoms with van der Waals surface area (Å²) in [4.78, 5) is 15.7. The van der Waals surface area contributed by atoms with Crippen LogP contribution in [0.5, 0.6) is 0 Å². The molecule has 2 N–H and O–H groups in total. The van der Waals surface area contributed by atoms with Crippen LogP contribution in [-0.2, 0) is 0 Å². The van der Waals surface area contributed by atoms with E-state index in [9.17, 15) is 4.79 Å². The average Bonchev–Trinajstić information content (AvgIpc) is 2.12. The van der Waals surface area contributed by atoms with E-state index in [1.807, 2.05) is 19.1 Å². The number of carbonyl (C=O) groups is 1. The molecule has 1 fully saturated rings. The maximum Gasteiger partial charge on any atom is 0.270 e. The lowest BCUT2D eigenvalue weighted by Gasteiger charge is -2.27. The lowest BCUT2D eigenvalue weighted by atomic mass is 10.1. The molecule has 0 bridgehead atoms. The molecule has 0 aromatic carbocycles. The SMILES string of the molecule is Cc1cccnc1C(=O)NC1CNC1. The van der Waals surface area contributed by atoms with Gasteiger partial charge in [0.25, 0.3) is 5.91 Å². The molecule has 1 saturated heterocycles. The van der Waals surface area contributed by atoms with E-state index < -0.39 is 0 Å². The summed E-state index contributed by atoms with van der Waals surface area (Å²) < 4.78 is 0. The molecule has 0 atom stereocenters. The molecule has 0 radical (unpaired) electrons. The molecule has 0 spiro atoms. The predicted octanol–water partition coefficient (Wildman–Crippen LogP) is 0.0916. The summed E-state index contributed by atoms with van der Waals surface area (Å²) in [5, 5.41) is 6.01. The summed E-state index contributed by atoms with van der Waals surface area (Å²) in [6, 6.07) is 3.99. The van der Waals surface area contributed by atoms with E-state index in [1.54, 1.807) is 6.20 Å². The first kappa shape index (κ1) is 9.15. The zero-order valence-corrected chi connectivity index (χ0v) is 8.08. The monoisotopic (exact) mass is 191 g/mol. The van der Waals surface area contributed by atoms with Crippen LogP contribution in [0.2, 0.25) is 0 Å². The van der Waals surface area contributed by atoms with E-state index >= 15 is 0 Å². The van der Waals surface area contributed by atoms with Crippen LogP contribution in [0.25, 0.3) is 0 Å². The van der Waals surface area contributed by atoms with Crippen molar-refractivity contribution < 1.29 is 4.79 Å². The van der Waals surface area contributed by atoms with Crippen LogP contribution >= 0.6 is 0 Å². The number of pyridine rings is 1. The van der Waals surface area contributed by atoms with Crippen molar-refractivity contribution in [3.8, 4) is 0 Å². The first-order valence-corrected chi connectivity index (χ1v) is 4.70. The lowest BCUT2D eigenvalue weighted by molar-refractivity contribution is 0.0918. The third-order valence-corrected chi connectivity index (χ3v) is 2.34. The largest absolute Gasteiger partial charge is 0.345 e. The number of nitrogens with one attached hydrogen (secondary N) is 2. The van der Waals surface area contributed by atoms with Gasteiger partial charge in [0.1, 0.15) is 5.69 Å². The van der Waals surface area contributed by atoms with Crippen molar-refractivity contribution in [1.82, 2.24) is 15.6 Å². The minimum Gasteiger partial charge on any atom is -0.345 e. The predicted molar refractivity (Wildman–Crippen MR) is 53.1 cm³/mol. The smallest absolute Gasteiger partial charge is 0.270 e. The van der Waals surface area contributed by atoms with E-state index in [-0.39, 0.29) is 11.9 Å². The Bertz CT molecular complexity index is 347. The zero-order chi connectivity index (χ0) is 9.97. The number of amides is 1. The van der Waals surface area contributed by atoms with Crippen molar-refractivity contribution in [1.29, 1.82) is 0 Å². The summed E-state index contributed by atoms with van der Waals surface area (Å²) >= 11 is 0. The van der Waals surface area contributed by atoms with Crippen LogP contribution in [-0.4, -0.2) is 30.0 Å². The van der Waals surface area contributed by atoms with Gasteiger partial charge in [-0.05, 0) is 18.6 Å². The molecule has 1 amide bonds. The molecular formula is C10H13N3O. The number of nitrogens with zero attached hydrogens (tertiary/aromatic N) is 1.